The molecule has 18 heavy (non-hydrogen) atoms. The van der Waals surface area contributed by atoms with Crippen LogP contribution >= 0.6 is 0 Å². The van der Waals surface area contributed by atoms with Crippen molar-refractivity contribution in [3.63, 3.8) is 0 Å². The smallest absolute Gasteiger partial charge is 0.312 e. The van der Waals surface area contributed by atoms with Gasteiger partial charge in [-0.2, -0.15) is 0 Å². The molecule has 4 N–H and O–H groups in total. The number of likely N-dealkylation sites (tertiary alicyclic amines) is 1. The van der Waals surface area contributed by atoms with Gasteiger partial charge in [0.1, 0.15) is 0 Å². The summed E-state index contributed by atoms with van der Waals surface area (Å²) in [5, 5.41) is 11.9. The highest BCUT2D eigenvalue weighted by Gasteiger charge is 2.35. The van der Waals surface area contributed by atoms with Gasteiger partial charge in [0, 0.05) is 18.5 Å². The number of carbonyl (C=O) groups is 2. The van der Waals surface area contributed by atoms with Gasteiger partial charge in [-0.15, -0.1) is 0 Å². The van der Waals surface area contributed by atoms with E-state index < -0.39 is 6.03 Å². The van der Waals surface area contributed by atoms with Gasteiger partial charge >= 0.3 is 6.03 Å². The number of nitrogens with one attached hydrogen (secondary N) is 1. The quantitative estimate of drug-likeness (QED) is 0.649. The maximum Gasteiger partial charge on any atom is 0.312 e. The van der Waals surface area contributed by atoms with E-state index in [1.165, 1.54) is 0 Å². The lowest BCUT2D eigenvalue weighted by Gasteiger charge is -2.41. The lowest BCUT2D eigenvalue weighted by atomic mass is 9.77. The molecule has 0 unspecified atom stereocenters. The number of hydrogen-bond acceptors (Lipinski definition) is 3. The predicted molar refractivity (Wildman–Crippen MR) is 67.8 cm³/mol. The summed E-state index contributed by atoms with van der Waals surface area (Å²) in [6, 6.07) is -0.692. The monoisotopic (exact) mass is 257 g/mol. The van der Waals surface area contributed by atoms with E-state index in [4.69, 9.17) is 5.73 Å². The van der Waals surface area contributed by atoms with Crippen molar-refractivity contribution in [3.05, 3.63) is 0 Å². The molecule has 0 aromatic rings. The van der Waals surface area contributed by atoms with E-state index in [1.807, 2.05) is 0 Å². The van der Waals surface area contributed by atoms with Gasteiger partial charge in [0.25, 0.3) is 0 Å². The van der Waals surface area contributed by atoms with Gasteiger partial charge in [-0.25, -0.2) is 4.79 Å². The van der Waals surface area contributed by atoms with Gasteiger partial charge in [-0.3, -0.25) is 4.79 Å². The van der Waals surface area contributed by atoms with Crippen LogP contribution in [0.15, 0.2) is 0 Å². The molecular formula is C12H23N3O3. The zero-order valence-corrected chi connectivity index (χ0v) is 10.9. The maximum atomic E-state index is 11.9. The van der Waals surface area contributed by atoms with Gasteiger partial charge < -0.3 is 21.1 Å². The van der Waals surface area contributed by atoms with E-state index >= 15 is 0 Å². The Morgan fingerprint density at radius 3 is 2.78 bits per heavy atom. The minimum atomic E-state index is -0.692. The van der Waals surface area contributed by atoms with Crippen molar-refractivity contribution < 1.29 is 14.7 Å². The van der Waals surface area contributed by atoms with Crippen LogP contribution in [0.3, 0.4) is 0 Å². The average Bonchev–Trinajstić information content (AvgIpc) is 2.36. The maximum absolute atomic E-state index is 11.9. The molecule has 1 aliphatic rings. The molecule has 0 aromatic heterocycles. The first kappa shape index (κ1) is 14.8. The molecule has 1 heterocycles. The van der Waals surface area contributed by atoms with Gasteiger partial charge in [-0.05, 0) is 19.3 Å². The first-order valence-corrected chi connectivity index (χ1v) is 6.45. The Morgan fingerprint density at radius 2 is 2.22 bits per heavy atom. The van der Waals surface area contributed by atoms with Crippen molar-refractivity contribution in [2.75, 3.05) is 26.2 Å². The summed E-state index contributed by atoms with van der Waals surface area (Å²) in [5.74, 6) is -0.137. The molecule has 0 radical (unpaired) electrons. The number of aliphatic hydroxyl groups excluding tert-OH is 1. The summed E-state index contributed by atoms with van der Waals surface area (Å²) in [5.41, 5.74) is 4.77. The molecule has 1 saturated heterocycles. The van der Waals surface area contributed by atoms with Crippen LogP contribution in [0.1, 0.15) is 32.6 Å². The number of nitrogens with zero attached hydrogens (tertiary/aromatic N) is 1. The topological polar surface area (TPSA) is 95.7 Å². The number of piperidine rings is 1. The first-order valence-electron chi connectivity index (χ1n) is 6.45. The van der Waals surface area contributed by atoms with E-state index in [0.717, 1.165) is 25.7 Å². The van der Waals surface area contributed by atoms with E-state index in [-0.39, 0.29) is 24.5 Å². The van der Waals surface area contributed by atoms with Crippen molar-refractivity contribution >= 4 is 11.9 Å². The minimum Gasteiger partial charge on any atom is -0.396 e. The third-order valence-electron chi connectivity index (χ3n) is 3.54. The van der Waals surface area contributed by atoms with Gasteiger partial charge in [0.2, 0.25) is 5.91 Å². The molecule has 1 aliphatic heterocycles. The van der Waals surface area contributed by atoms with Crippen molar-refractivity contribution in [3.8, 4) is 0 Å². The number of nitrogens with two attached hydrogens (primary N) is 1. The van der Waals surface area contributed by atoms with Crippen molar-refractivity contribution in [2.45, 2.75) is 32.6 Å². The predicted octanol–water partition coefficient (Wildman–Crippen LogP) is 0.0559. The number of primary amides is 1. The SMILES string of the molecule is CCC[C@]1(CO)CCCN(C(=O)CNC(N)=O)C1. The van der Waals surface area contributed by atoms with Crippen LogP contribution in [0.4, 0.5) is 4.79 Å². The van der Waals surface area contributed by atoms with E-state index in [0.29, 0.717) is 13.1 Å². The van der Waals surface area contributed by atoms with Crippen LogP contribution in [0, 0.1) is 5.41 Å². The molecule has 0 aliphatic carbocycles. The number of carbonyl (C=O) groups excluding carboxylic acids is 2. The Balaban J connectivity index is 2.56. The zero-order valence-electron chi connectivity index (χ0n) is 10.9. The normalized spacial score (nSPS) is 23.8. The van der Waals surface area contributed by atoms with Crippen LogP contribution in [0.25, 0.3) is 0 Å². The lowest BCUT2D eigenvalue weighted by molar-refractivity contribution is -0.134. The Bertz CT molecular complexity index is 305. The van der Waals surface area contributed by atoms with E-state index in [9.17, 15) is 14.7 Å². The second kappa shape index (κ2) is 6.58. The Kier molecular flexibility index (Phi) is 5.40. The molecule has 0 aromatic carbocycles. The summed E-state index contributed by atoms with van der Waals surface area (Å²) in [4.78, 5) is 24.2. The van der Waals surface area contributed by atoms with Gasteiger partial charge in [0.15, 0.2) is 0 Å². The summed E-state index contributed by atoms with van der Waals surface area (Å²) < 4.78 is 0. The molecule has 0 spiro atoms. The second-order valence-corrected chi connectivity index (χ2v) is 5.04. The number of rotatable bonds is 5. The number of urea groups is 1. The fourth-order valence-electron chi connectivity index (χ4n) is 2.64. The molecule has 3 amide bonds. The fourth-order valence-corrected chi connectivity index (χ4v) is 2.64. The Hall–Kier alpha value is -1.30. The van der Waals surface area contributed by atoms with Gasteiger partial charge in [0.05, 0.1) is 13.2 Å². The minimum absolute atomic E-state index is 0.0665. The highest BCUT2D eigenvalue weighted by molar-refractivity contribution is 5.83. The molecule has 6 nitrogen and oxygen atoms in total. The largest absolute Gasteiger partial charge is 0.396 e. The molecule has 1 rings (SSSR count). The summed E-state index contributed by atoms with van der Waals surface area (Å²) >= 11 is 0. The van der Waals surface area contributed by atoms with Gasteiger partial charge in [-0.1, -0.05) is 13.3 Å². The summed E-state index contributed by atoms with van der Waals surface area (Å²) in [6.45, 7) is 3.37. The highest BCUT2D eigenvalue weighted by atomic mass is 16.3. The molecule has 0 bridgehead atoms. The highest BCUT2D eigenvalue weighted by Crippen LogP contribution is 2.34. The molecular weight excluding hydrogens is 234 g/mol. The average molecular weight is 257 g/mol. The zero-order chi connectivity index (χ0) is 13.6. The van der Waals surface area contributed by atoms with Crippen LogP contribution in [-0.2, 0) is 4.79 Å². The van der Waals surface area contributed by atoms with Crippen molar-refractivity contribution in [1.29, 1.82) is 0 Å². The summed E-state index contributed by atoms with van der Waals surface area (Å²) in [7, 11) is 0. The van der Waals surface area contributed by atoms with Crippen LogP contribution in [-0.4, -0.2) is 48.2 Å². The van der Waals surface area contributed by atoms with Crippen LogP contribution in [0.5, 0.6) is 0 Å². The van der Waals surface area contributed by atoms with E-state index in [1.54, 1.807) is 4.90 Å². The number of aliphatic hydroxyl groups is 1. The van der Waals surface area contributed by atoms with Crippen molar-refractivity contribution in [1.82, 2.24) is 10.2 Å². The first-order chi connectivity index (χ1) is 8.53. The molecule has 6 heteroatoms. The third-order valence-corrected chi connectivity index (χ3v) is 3.54. The lowest BCUT2D eigenvalue weighted by Crippen LogP contribution is -2.50. The summed E-state index contributed by atoms with van der Waals surface area (Å²) in [6.07, 6.45) is 3.74. The molecule has 0 saturated carbocycles. The molecule has 1 atom stereocenters. The molecule has 104 valence electrons. The van der Waals surface area contributed by atoms with Crippen molar-refractivity contribution in [2.24, 2.45) is 11.1 Å². The Morgan fingerprint density at radius 1 is 1.50 bits per heavy atom. The second-order valence-electron chi connectivity index (χ2n) is 5.04. The van der Waals surface area contributed by atoms with E-state index in [2.05, 4.69) is 12.2 Å². The third kappa shape index (κ3) is 3.87. The van der Waals surface area contributed by atoms with Crippen LogP contribution in [0.2, 0.25) is 0 Å². The number of hydrogen-bond donors (Lipinski definition) is 3. The number of amides is 3. The Labute approximate surface area is 108 Å². The van der Waals surface area contributed by atoms with Crippen LogP contribution < -0.4 is 11.1 Å². The standard InChI is InChI=1S/C12H23N3O3/c1-2-4-12(9-16)5-3-6-15(8-12)10(17)7-14-11(13)18/h16H,2-9H2,1H3,(H3,13,14,18)/t12-/m0/s1. The fraction of sp³-hybridized carbons (Fsp3) is 0.833. The molecule has 1 fully saturated rings.